The van der Waals surface area contributed by atoms with Gasteiger partial charge in [-0.1, -0.05) is 24.3 Å². The molecule has 1 aromatic heterocycles. The molecule has 2 heterocycles. The average Bonchev–Trinajstić information content (AvgIpc) is 2.85. The van der Waals surface area contributed by atoms with Crippen LogP contribution in [0.15, 0.2) is 47.4 Å². The summed E-state index contributed by atoms with van der Waals surface area (Å²) in [5.74, 6) is -0.101. The van der Waals surface area contributed by atoms with Crippen LogP contribution in [0, 0.1) is 0 Å². The summed E-state index contributed by atoms with van der Waals surface area (Å²) in [5, 5.41) is 10.8. The van der Waals surface area contributed by atoms with E-state index in [9.17, 15) is 14.7 Å². The molecule has 1 amide bonds. The molecule has 2 aromatic rings. The molecule has 4 N–H and O–H groups in total. The van der Waals surface area contributed by atoms with E-state index in [4.69, 9.17) is 5.73 Å². The third-order valence-electron chi connectivity index (χ3n) is 5.74. The second kappa shape index (κ2) is 5.82. The number of nitrogens with two attached hydrogens (primary N) is 1. The number of fused-ring (bicyclic) bond motifs is 2. The normalized spacial score (nSPS) is 24.3. The first-order valence-electron chi connectivity index (χ1n) is 8.54. The molecule has 1 aliphatic heterocycles. The Balaban J connectivity index is 1.56. The van der Waals surface area contributed by atoms with Gasteiger partial charge in [0.2, 0.25) is 5.56 Å². The Morgan fingerprint density at radius 3 is 2.60 bits per heavy atom. The molecule has 2 atom stereocenters. The zero-order valence-electron chi connectivity index (χ0n) is 13.8. The number of benzene rings is 1. The second-order valence-corrected chi connectivity index (χ2v) is 6.95. The van der Waals surface area contributed by atoms with E-state index in [0.717, 1.165) is 11.1 Å². The number of likely N-dealkylation sites (tertiary alicyclic amines) is 1. The van der Waals surface area contributed by atoms with Gasteiger partial charge in [0.25, 0.3) is 5.91 Å². The predicted octanol–water partition coefficient (Wildman–Crippen LogP) is 0.923. The van der Waals surface area contributed by atoms with Crippen LogP contribution < -0.4 is 11.3 Å². The Bertz CT molecular complexity index is 848. The van der Waals surface area contributed by atoms with Crippen molar-refractivity contribution in [3.63, 3.8) is 0 Å². The second-order valence-electron chi connectivity index (χ2n) is 6.95. The maximum atomic E-state index is 12.6. The van der Waals surface area contributed by atoms with Crippen molar-refractivity contribution >= 4 is 5.91 Å². The number of rotatable bonds is 1. The highest BCUT2D eigenvalue weighted by Crippen LogP contribution is 2.50. The zero-order chi connectivity index (χ0) is 17.6. The van der Waals surface area contributed by atoms with Crippen molar-refractivity contribution in [2.45, 2.75) is 30.4 Å². The highest BCUT2D eigenvalue weighted by molar-refractivity contribution is 5.94. The van der Waals surface area contributed by atoms with Crippen LogP contribution in [0.3, 0.4) is 0 Å². The Labute approximate surface area is 145 Å². The summed E-state index contributed by atoms with van der Waals surface area (Å²) < 4.78 is 0. The number of pyridine rings is 1. The number of aromatic nitrogens is 1. The van der Waals surface area contributed by atoms with Crippen LogP contribution in [0.25, 0.3) is 0 Å². The van der Waals surface area contributed by atoms with Crippen molar-refractivity contribution in [1.82, 2.24) is 9.88 Å². The Morgan fingerprint density at radius 1 is 1.20 bits per heavy atom. The molecule has 1 spiro atoms. The van der Waals surface area contributed by atoms with Crippen LogP contribution in [0.5, 0.6) is 0 Å². The van der Waals surface area contributed by atoms with Crippen molar-refractivity contribution in [2.24, 2.45) is 5.73 Å². The van der Waals surface area contributed by atoms with Crippen LogP contribution in [0.2, 0.25) is 0 Å². The number of nitrogens with one attached hydrogen (secondary N) is 1. The molecule has 2 aliphatic rings. The lowest BCUT2D eigenvalue weighted by atomic mass is 9.72. The molecule has 0 radical (unpaired) electrons. The topological polar surface area (TPSA) is 99.4 Å². The van der Waals surface area contributed by atoms with Crippen molar-refractivity contribution in [3.05, 3.63) is 69.6 Å². The van der Waals surface area contributed by atoms with Crippen LogP contribution in [0.1, 0.15) is 40.4 Å². The summed E-state index contributed by atoms with van der Waals surface area (Å²) in [6.45, 7) is 1.10. The van der Waals surface area contributed by atoms with E-state index in [2.05, 4.69) is 4.98 Å². The van der Waals surface area contributed by atoms with Gasteiger partial charge in [-0.2, -0.15) is 0 Å². The van der Waals surface area contributed by atoms with E-state index in [1.165, 1.54) is 12.3 Å². The number of H-pyrrole nitrogens is 1. The van der Waals surface area contributed by atoms with E-state index >= 15 is 0 Å². The summed E-state index contributed by atoms with van der Waals surface area (Å²) in [7, 11) is 0. The van der Waals surface area contributed by atoms with Gasteiger partial charge in [0.15, 0.2) is 0 Å². The van der Waals surface area contributed by atoms with Crippen LogP contribution >= 0.6 is 0 Å². The number of aromatic amines is 1. The lowest BCUT2D eigenvalue weighted by molar-refractivity contribution is 0.0262. The summed E-state index contributed by atoms with van der Waals surface area (Å²) in [6, 6.07) is 10.5. The quantitative estimate of drug-likeness (QED) is 0.719. The minimum absolute atomic E-state index is 0.101. The van der Waals surface area contributed by atoms with Crippen molar-refractivity contribution in [3.8, 4) is 0 Å². The Kier molecular flexibility index (Phi) is 3.74. The SMILES string of the molecule is N[C@@H]1c2ccccc2C2(CCN(C(=O)c3ccc(=O)[nH]c3)CC2)[C@H]1O. The van der Waals surface area contributed by atoms with E-state index in [1.54, 1.807) is 11.0 Å². The van der Waals surface area contributed by atoms with Crippen molar-refractivity contribution < 1.29 is 9.90 Å². The molecule has 0 saturated carbocycles. The summed E-state index contributed by atoms with van der Waals surface area (Å²) in [6.07, 6.45) is 2.17. The van der Waals surface area contributed by atoms with Gasteiger partial charge in [-0.15, -0.1) is 0 Å². The number of amides is 1. The van der Waals surface area contributed by atoms with Gasteiger partial charge in [0.05, 0.1) is 17.7 Å². The molecular formula is C19H21N3O3. The van der Waals surface area contributed by atoms with Crippen molar-refractivity contribution in [2.75, 3.05) is 13.1 Å². The molecular weight excluding hydrogens is 318 g/mol. The Hall–Kier alpha value is -2.44. The van der Waals surface area contributed by atoms with Gasteiger partial charge in [-0.3, -0.25) is 9.59 Å². The fourth-order valence-corrected chi connectivity index (χ4v) is 4.31. The number of piperidine rings is 1. The van der Waals surface area contributed by atoms with Crippen LogP contribution in [0.4, 0.5) is 0 Å². The molecule has 1 aliphatic carbocycles. The number of aliphatic hydroxyl groups excluding tert-OH is 1. The predicted molar refractivity (Wildman–Crippen MR) is 93.3 cm³/mol. The first-order chi connectivity index (χ1) is 12.0. The summed E-state index contributed by atoms with van der Waals surface area (Å²) in [5.41, 5.74) is 8.22. The van der Waals surface area contributed by atoms with Gasteiger partial charge in [0, 0.05) is 30.8 Å². The maximum Gasteiger partial charge on any atom is 0.255 e. The number of nitrogens with zero attached hydrogens (tertiary/aromatic N) is 1. The van der Waals surface area contributed by atoms with E-state index in [0.29, 0.717) is 31.5 Å². The molecule has 1 aromatic carbocycles. The lowest BCUT2D eigenvalue weighted by Gasteiger charge is -2.42. The van der Waals surface area contributed by atoms with Gasteiger partial charge < -0.3 is 20.7 Å². The number of carbonyl (C=O) groups excluding carboxylic acids is 1. The number of hydrogen-bond acceptors (Lipinski definition) is 4. The van der Waals surface area contributed by atoms with Gasteiger partial charge in [0.1, 0.15) is 0 Å². The highest BCUT2D eigenvalue weighted by Gasteiger charge is 2.51. The van der Waals surface area contributed by atoms with Crippen molar-refractivity contribution in [1.29, 1.82) is 0 Å². The molecule has 130 valence electrons. The molecule has 6 nitrogen and oxygen atoms in total. The standard InChI is InChI=1S/C19H21N3O3/c20-16-13-3-1-2-4-14(13)19(17(16)24)7-9-22(10-8-19)18(25)12-5-6-15(23)21-11-12/h1-6,11,16-17,24H,7-10,20H2,(H,21,23)/t16-,17+/m1/s1. The number of carbonyl (C=O) groups is 1. The summed E-state index contributed by atoms with van der Waals surface area (Å²) >= 11 is 0. The number of hydrogen-bond donors (Lipinski definition) is 3. The fraction of sp³-hybridized carbons (Fsp3) is 0.368. The molecule has 1 fully saturated rings. The average molecular weight is 339 g/mol. The number of aliphatic hydroxyl groups is 1. The Morgan fingerprint density at radius 2 is 1.92 bits per heavy atom. The first kappa shape index (κ1) is 16.1. The fourth-order valence-electron chi connectivity index (χ4n) is 4.31. The maximum absolute atomic E-state index is 12.6. The molecule has 1 saturated heterocycles. The smallest absolute Gasteiger partial charge is 0.255 e. The van der Waals surface area contributed by atoms with Gasteiger partial charge in [-0.05, 0) is 30.0 Å². The van der Waals surface area contributed by atoms with E-state index in [-0.39, 0.29) is 22.9 Å². The third-order valence-corrected chi connectivity index (χ3v) is 5.74. The van der Waals surface area contributed by atoms with E-state index in [1.807, 2.05) is 24.3 Å². The molecule has 0 bridgehead atoms. The minimum atomic E-state index is -0.629. The van der Waals surface area contributed by atoms with E-state index < -0.39 is 6.10 Å². The first-order valence-corrected chi connectivity index (χ1v) is 8.54. The third kappa shape index (κ3) is 2.41. The molecule has 25 heavy (non-hydrogen) atoms. The molecule has 6 heteroatoms. The lowest BCUT2D eigenvalue weighted by Crippen LogP contribution is -2.50. The van der Waals surface area contributed by atoms with Crippen LogP contribution in [-0.2, 0) is 5.41 Å². The highest BCUT2D eigenvalue weighted by atomic mass is 16.3. The minimum Gasteiger partial charge on any atom is -0.390 e. The summed E-state index contributed by atoms with van der Waals surface area (Å²) in [4.78, 5) is 28.1. The van der Waals surface area contributed by atoms with Gasteiger partial charge in [-0.25, -0.2) is 0 Å². The molecule has 0 unspecified atom stereocenters. The zero-order valence-corrected chi connectivity index (χ0v) is 13.8. The van der Waals surface area contributed by atoms with Crippen LogP contribution in [-0.4, -0.2) is 40.1 Å². The monoisotopic (exact) mass is 339 g/mol. The van der Waals surface area contributed by atoms with Gasteiger partial charge >= 0.3 is 0 Å². The largest absolute Gasteiger partial charge is 0.390 e. The molecule has 4 rings (SSSR count).